The fourth-order valence-electron chi connectivity index (χ4n) is 2.17. The van der Waals surface area contributed by atoms with Gasteiger partial charge in [0.2, 0.25) is 5.91 Å². The van der Waals surface area contributed by atoms with E-state index in [9.17, 15) is 4.79 Å². The SMILES string of the molecule is CC(CNC(=O)CC1CCC(N)CC1)N(C)C. The van der Waals surface area contributed by atoms with Gasteiger partial charge >= 0.3 is 0 Å². The predicted molar refractivity (Wildman–Crippen MR) is 70.7 cm³/mol. The first-order valence-corrected chi connectivity index (χ1v) is 6.67. The Bertz CT molecular complexity index is 235. The highest BCUT2D eigenvalue weighted by molar-refractivity contribution is 5.76. The lowest BCUT2D eigenvalue weighted by Crippen LogP contribution is -2.39. The summed E-state index contributed by atoms with van der Waals surface area (Å²) in [5.41, 5.74) is 5.85. The lowest BCUT2D eigenvalue weighted by molar-refractivity contribution is -0.122. The molecule has 4 heteroatoms. The van der Waals surface area contributed by atoms with Crippen molar-refractivity contribution in [3.8, 4) is 0 Å². The molecule has 1 saturated carbocycles. The Morgan fingerprint density at radius 3 is 2.47 bits per heavy atom. The number of hydrogen-bond acceptors (Lipinski definition) is 3. The van der Waals surface area contributed by atoms with Gasteiger partial charge in [-0.3, -0.25) is 4.79 Å². The molecule has 0 aromatic rings. The van der Waals surface area contributed by atoms with Crippen LogP contribution in [0.3, 0.4) is 0 Å². The van der Waals surface area contributed by atoms with Crippen molar-refractivity contribution in [1.29, 1.82) is 0 Å². The topological polar surface area (TPSA) is 58.4 Å². The van der Waals surface area contributed by atoms with Crippen molar-refractivity contribution in [2.75, 3.05) is 20.6 Å². The lowest BCUT2D eigenvalue weighted by Gasteiger charge is -2.26. The molecule has 1 aliphatic carbocycles. The molecular formula is C13H27N3O. The fraction of sp³-hybridized carbons (Fsp3) is 0.923. The number of rotatable bonds is 5. The third kappa shape index (κ3) is 5.50. The molecule has 1 atom stereocenters. The molecule has 100 valence electrons. The zero-order valence-corrected chi connectivity index (χ0v) is 11.4. The second-order valence-electron chi connectivity index (χ2n) is 5.60. The summed E-state index contributed by atoms with van der Waals surface area (Å²) >= 11 is 0. The van der Waals surface area contributed by atoms with Crippen LogP contribution in [0, 0.1) is 5.92 Å². The van der Waals surface area contributed by atoms with Gasteiger partial charge in [0.1, 0.15) is 0 Å². The average Bonchev–Trinajstić information content (AvgIpc) is 2.29. The van der Waals surface area contributed by atoms with E-state index in [1.54, 1.807) is 0 Å². The largest absolute Gasteiger partial charge is 0.355 e. The van der Waals surface area contributed by atoms with Crippen molar-refractivity contribution in [2.24, 2.45) is 11.7 Å². The third-order valence-electron chi connectivity index (χ3n) is 3.84. The number of hydrogen-bond donors (Lipinski definition) is 2. The van der Waals surface area contributed by atoms with E-state index in [0.717, 1.165) is 32.2 Å². The molecule has 0 aromatic carbocycles. The van der Waals surface area contributed by atoms with Gasteiger partial charge in [-0.2, -0.15) is 0 Å². The molecule has 1 fully saturated rings. The number of carbonyl (C=O) groups excluding carboxylic acids is 1. The normalized spacial score (nSPS) is 26.9. The van der Waals surface area contributed by atoms with E-state index in [-0.39, 0.29) is 5.91 Å². The Kier molecular flexibility index (Phi) is 5.92. The Balaban J connectivity index is 2.16. The second kappa shape index (κ2) is 6.97. The first-order valence-electron chi connectivity index (χ1n) is 6.67. The maximum Gasteiger partial charge on any atom is 0.220 e. The number of nitrogens with two attached hydrogens (primary N) is 1. The maximum atomic E-state index is 11.8. The van der Waals surface area contributed by atoms with E-state index in [1.165, 1.54) is 0 Å². The van der Waals surface area contributed by atoms with Crippen LogP contribution in [0.25, 0.3) is 0 Å². The molecule has 0 bridgehead atoms. The lowest BCUT2D eigenvalue weighted by atomic mass is 9.84. The second-order valence-corrected chi connectivity index (χ2v) is 5.60. The summed E-state index contributed by atoms with van der Waals surface area (Å²) in [7, 11) is 4.05. The predicted octanol–water partition coefficient (Wildman–Crippen LogP) is 0.960. The first kappa shape index (κ1) is 14.5. The molecule has 3 N–H and O–H groups in total. The van der Waals surface area contributed by atoms with E-state index in [4.69, 9.17) is 5.73 Å². The van der Waals surface area contributed by atoms with Gasteiger partial charge in [-0.05, 0) is 52.6 Å². The van der Waals surface area contributed by atoms with Crippen LogP contribution in [-0.4, -0.2) is 43.5 Å². The maximum absolute atomic E-state index is 11.8. The molecule has 0 aromatic heterocycles. The molecule has 1 unspecified atom stereocenters. The van der Waals surface area contributed by atoms with Crippen LogP contribution in [0.2, 0.25) is 0 Å². The summed E-state index contributed by atoms with van der Waals surface area (Å²) in [6, 6.07) is 0.752. The van der Waals surface area contributed by atoms with Crippen LogP contribution in [-0.2, 0) is 4.79 Å². The summed E-state index contributed by atoms with van der Waals surface area (Å²) in [5, 5.41) is 3.01. The molecule has 0 saturated heterocycles. The number of nitrogens with one attached hydrogen (secondary N) is 1. The summed E-state index contributed by atoms with van der Waals surface area (Å²) in [5.74, 6) is 0.739. The standard InChI is InChI=1S/C13H27N3O/c1-10(16(2)3)9-15-13(17)8-11-4-6-12(14)7-5-11/h10-12H,4-9,14H2,1-3H3,(H,15,17). The van der Waals surface area contributed by atoms with Crippen molar-refractivity contribution in [2.45, 2.75) is 51.1 Å². The van der Waals surface area contributed by atoms with Crippen molar-refractivity contribution >= 4 is 5.91 Å². The number of amides is 1. The molecule has 0 radical (unpaired) electrons. The minimum absolute atomic E-state index is 0.194. The van der Waals surface area contributed by atoms with Gasteiger partial charge < -0.3 is 16.0 Å². The summed E-state index contributed by atoms with van der Waals surface area (Å²) < 4.78 is 0. The highest BCUT2D eigenvalue weighted by atomic mass is 16.1. The number of carbonyl (C=O) groups is 1. The Morgan fingerprint density at radius 1 is 1.35 bits per heavy atom. The van der Waals surface area contributed by atoms with Crippen LogP contribution in [0.5, 0.6) is 0 Å². The fourth-order valence-corrected chi connectivity index (χ4v) is 2.17. The molecule has 1 amide bonds. The van der Waals surface area contributed by atoms with Crippen molar-refractivity contribution in [3.05, 3.63) is 0 Å². The summed E-state index contributed by atoms with van der Waals surface area (Å²) in [4.78, 5) is 13.9. The average molecular weight is 241 g/mol. The zero-order valence-electron chi connectivity index (χ0n) is 11.4. The zero-order chi connectivity index (χ0) is 12.8. The molecule has 4 nitrogen and oxygen atoms in total. The quantitative estimate of drug-likeness (QED) is 0.754. The Labute approximate surface area is 105 Å². The molecule has 1 rings (SSSR count). The molecule has 17 heavy (non-hydrogen) atoms. The number of nitrogens with zero attached hydrogens (tertiary/aromatic N) is 1. The van der Waals surface area contributed by atoms with Gasteiger partial charge in [0.05, 0.1) is 0 Å². The molecule has 0 spiro atoms. The molecule has 0 aliphatic heterocycles. The van der Waals surface area contributed by atoms with Crippen molar-refractivity contribution < 1.29 is 4.79 Å². The smallest absolute Gasteiger partial charge is 0.220 e. The van der Waals surface area contributed by atoms with Gasteiger partial charge in [-0.25, -0.2) is 0 Å². The molecular weight excluding hydrogens is 214 g/mol. The van der Waals surface area contributed by atoms with Gasteiger partial charge in [0, 0.05) is 25.0 Å². The minimum atomic E-state index is 0.194. The third-order valence-corrected chi connectivity index (χ3v) is 3.84. The van der Waals surface area contributed by atoms with Crippen molar-refractivity contribution in [1.82, 2.24) is 10.2 Å². The highest BCUT2D eigenvalue weighted by Crippen LogP contribution is 2.25. The minimum Gasteiger partial charge on any atom is -0.355 e. The Morgan fingerprint density at radius 2 is 1.94 bits per heavy atom. The Hall–Kier alpha value is -0.610. The van der Waals surface area contributed by atoms with Crippen LogP contribution < -0.4 is 11.1 Å². The van der Waals surface area contributed by atoms with E-state index >= 15 is 0 Å². The molecule has 1 aliphatic rings. The van der Waals surface area contributed by atoms with Gasteiger partial charge in [0.25, 0.3) is 0 Å². The highest BCUT2D eigenvalue weighted by Gasteiger charge is 2.21. The first-order chi connectivity index (χ1) is 7.99. The monoisotopic (exact) mass is 241 g/mol. The van der Waals surface area contributed by atoms with Crippen LogP contribution >= 0.6 is 0 Å². The van der Waals surface area contributed by atoms with E-state index in [2.05, 4.69) is 17.1 Å². The molecule has 0 heterocycles. The summed E-state index contributed by atoms with van der Waals surface area (Å²) in [6.45, 7) is 2.85. The van der Waals surface area contributed by atoms with Gasteiger partial charge in [0.15, 0.2) is 0 Å². The van der Waals surface area contributed by atoms with E-state index < -0.39 is 0 Å². The van der Waals surface area contributed by atoms with Gasteiger partial charge in [-0.15, -0.1) is 0 Å². The van der Waals surface area contributed by atoms with E-state index in [0.29, 0.717) is 24.4 Å². The van der Waals surface area contributed by atoms with Crippen LogP contribution in [0.1, 0.15) is 39.0 Å². The van der Waals surface area contributed by atoms with Crippen molar-refractivity contribution in [3.63, 3.8) is 0 Å². The van der Waals surface area contributed by atoms with E-state index in [1.807, 2.05) is 14.1 Å². The van der Waals surface area contributed by atoms with Crippen LogP contribution in [0.4, 0.5) is 0 Å². The summed E-state index contributed by atoms with van der Waals surface area (Å²) in [6.07, 6.45) is 5.04. The number of likely N-dealkylation sites (N-methyl/N-ethyl adjacent to an activating group) is 1. The van der Waals surface area contributed by atoms with Gasteiger partial charge in [-0.1, -0.05) is 0 Å². The van der Waals surface area contributed by atoms with Crippen LogP contribution in [0.15, 0.2) is 0 Å².